The molecule has 2 rings (SSSR count). The Morgan fingerprint density at radius 1 is 0.667 bits per heavy atom. The summed E-state index contributed by atoms with van der Waals surface area (Å²) in [6.07, 6.45) is 18.7. The van der Waals surface area contributed by atoms with Crippen molar-refractivity contribution in [3.8, 4) is 0 Å². The highest BCUT2D eigenvalue weighted by molar-refractivity contribution is 6.52. The predicted octanol–water partition coefficient (Wildman–Crippen LogP) is 7.73. The van der Waals surface area contributed by atoms with E-state index in [1.54, 1.807) is 24.3 Å². The first kappa shape index (κ1) is 27.3. The zero-order valence-corrected chi connectivity index (χ0v) is 20.6. The van der Waals surface area contributed by atoms with Crippen LogP contribution in [0.1, 0.15) is 132 Å². The number of hydrogen-bond acceptors (Lipinski definition) is 4. The second-order valence-electron chi connectivity index (χ2n) is 9.61. The van der Waals surface area contributed by atoms with Crippen molar-refractivity contribution in [3.63, 3.8) is 0 Å². The smallest absolute Gasteiger partial charge is 0.234 e. The van der Waals surface area contributed by atoms with Crippen molar-refractivity contribution in [1.82, 2.24) is 0 Å². The third-order valence-corrected chi connectivity index (χ3v) is 6.80. The lowest BCUT2D eigenvalue weighted by atomic mass is 9.86. The van der Waals surface area contributed by atoms with Gasteiger partial charge in [0.2, 0.25) is 11.6 Å². The molecule has 184 valence electrons. The Hall–Kier alpha value is -1.94. The summed E-state index contributed by atoms with van der Waals surface area (Å²) < 4.78 is 0. The first-order valence-electron chi connectivity index (χ1n) is 13.3. The van der Waals surface area contributed by atoms with E-state index in [0.717, 1.165) is 44.9 Å². The minimum Gasteiger partial charge on any atom is -0.507 e. The zero-order valence-electron chi connectivity index (χ0n) is 20.6. The number of ketones is 2. The van der Waals surface area contributed by atoms with Crippen LogP contribution in [0.4, 0.5) is 0 Å². The normalized spacial score (nSPS) is 14.6. The van der Waals surface area contributed by atoms with Crippen molar-refractivity contribution in [2.75, 3.05) is 0 Å². The van der Waals surface area contributed by atoms with E-state index < -0.39 is 11.6 Å². The van der Waals surface area contributed by atoms with Crippen LogP contribution in [-0.4, -0.2) is 27.9 Å². The standard InChI is InChI=1S/C29H44O4/c1-2-3-4-5-10-13-18-23(30)19-14-11-8-6-7-9-12-15-22-26-27(31)24-20-16-17-21-25(24)28(32)29(26)33/h16-17,20-21,23,30-31H,2-15,18-19,22H2,1H3. The molecule has 1 aromatic rings. The van der Waals surface area contributed by atoms with Crippen molar-refractivity contribution < 1.29 is 19.8 Å². The molecule has 0 aromatic heterocycles. The van der Waals surface area contributed by atoms with Gasteiger partial charge in [0, 0.05) is 16.7 Å². The molecule has 0 saturated carbocycles. The highest BCUT2D eigenvalue weighted by Crippen LogP contribution is 2.30. The molecule has 33 heavy (non-hydrogen) atoms. The molecule has 0 heterocycles. The summed E-state index contributed by atoms with van der Waals surface area (Å²) >= 11 is 0. The van der Waals surface area contributed by atoms with Gasteiger partial charge < -0.3 is 10.2 Å². The van der Waals surface area contributed by atoms with Gasteiger partial charge in [0.25, 0.3) is 0 Å². The Bertz CT molecular complexity index is 765. The van der Waals surface area contributed by atoms with Crippen LogP contribution in [0, 0.1) is 0 Å². The van der Waals surface area contributed by atoms with Gasteiger partial charge in [0.15, 0.2) is 0 Å². The average Bonchev–Trinajstić information content (AvgIpc) is 2.82. The lowest BCUT2D eigenvalue weighted by Crippen LogP contribution is -2.24. The number of aliphatic hydroxyl groups is 2. The summed E-state index contributed by atoms with van der Waals surface area (Å²) in [6.45, 7) is 2.24. The topological polar surface area (TPSA) is 74.6 Å². The van der Waals surface area contributed by atoms with Gasteiger partial charge in [0.1, 0.15) is 5.76 Å². The molecule has 0 amide bonds. The molecule has 1 atom stereocenters. The molecule has 0 saturated heterocycles. The van der Waals surface area contributed by atoms with Gasteiger partial charge in [-0.05, 0) is 25.7 Å². The van der Waals surface area contributed by atoms with E-state index in [1.165, 1.54) is 57.8 Å². The van der Waals surface area contributed by atoms with E-state index in [-0.39, 0.29) is 17.4 Å². The van der Waals surface area contributed by atoms with Crippen LogP contribution < -0.4 is 0 Å². The van der Waals surface area contributed by atoms with Gasteiger partial charge in [-0.25, -0.2) is 0 Å². The number of carbonyl (C=O) groups is 2. The van der Waals surface area contributed by atoms with Crippen LogP contribution in [0.15, 0.2) is 29.8 Å². The maximum atomic E-state index is 12.3. The Labute approximate surface area is 200 Å². The fraction of sp³-hybridized carbons (Fsp3) is 0.655. The van der Waals surface area contributed by atoms with E-state index in [2.05, 4.69) is 6.92 Å². The molecule has 0 fully saturated rings. The van der Waals surface area contributed by atoms with Crippen LogP contribution in [-0.2, 0) is 4.79 Å². The summed E-state index contributed by atoms with van der Waals surface area (Å²) in [6, 6.07) is 6.77. The van der Waals surface area contributed by atoms with Gasteiger partial charge in [0.05, 0.1) is 6.10 Å². The predicted molar refractivity (Wildman–Crippen MR) is 135 cm³/mol. The number of unbranched alkanes of at least 4 members (excludes halogenated alkanes) is 12. The molecule has 1 unspecified atom stereocenters. The first-order valence-corrected chi connectivity index (χ1v) is 13.3. The quantitative estimate of drug-likeness (QED) is 0.175. The van der Waals surface area contributed by atoms with E-state index in [4.69, 9.17) is 0 Å². The zero-order chi connectivity index (χ0) is 23.9. The Kier molecular flexibility index (Phi) is 13.1. The van der Waals surface area contributed by atoms with Crippen molar-refractivity contribution in [1.29, 1.82) is 0 Å². The van der Waals surface area contributed by atoms with Crippen molar-refractivity contribution in [2.45, 2.75) is 122 Å². The molecule has 0 spiro atoms. The molecule has 0 radical (unpaired) electrons. The summed E-state index contributed by atoms with van der Waals surface area (Å²) in [5.74, 6) is -1.07. The number of carbonyl (C=O) groups excluding carboxylic acids is 2. The molecule has 1 aromatic carbocycles. The molecular formula is C29H44O4. The Morgan fingerprint density at radius 3 is 1.73 bits per heavy atom. The lowest BCUT2D eigenvalue weighted by Gasteiger charge is -2.17. The maximum Gasteiger partial charge on any atom is 0.234 e. The Balaban J connectivity index is 1.48. The molecule has 1 aliphatic carbocycles. The summed E-state index contributed by atoms with van der Waals surface area (Å²) in [5.41, 5.74) is 1.06. The van der Waals surface area contributed by atoms with Gasteiger partial charge >= 0.3 is 0 Å². The largest absolute Gasteiger partial charge is 0.507 e. The molecule has 0 aliphatic heterocycles. The van der Waals surface area contributed by atoms with Crippen molar-refractivity contribution in [3.05, 3.63) is 41.0 Å². The van der Waals surface area contributed by atoms with E-state index in [1.807, 2.05) is 0 Å². The fourth-order valence-electron chi connectivity index (χ4n) is 4.70. The van der Waals surface area contributed by atoms with Crippen molar-refractivity contribution >= 4 is 17.3 Å². The van der Waals surface area contributed by atoms with Gasteiger partial charge in [-0.3, -0.25) is 9.59 Å². The fourth-order valence-corrected chi connectivity index (χ4v) is 4.70. The SMILES string of the molecule is CCCCCCCCC(O)CCCCCCCCCCC1=C(O)c2ccccc2C(=O)C1=O. The van der Waals surface area contributed by atoms with Crippen LogP contribution in [0.25, 0.3) is 5.76 Å². The van der Waals surface area contributed by atoms with E-state index in [9.17, 15) is 19.8 Å². The lowest BCUT2D eigenvalue weighted by molar-refractivity contribution is -0.112. The Morgan fingerprint density at radius 2 is 1.15 bits per heavy atom. The summed E-state index contributed by atoms with van der Waals surface area (Å²) in [4.78, 5) is 24.6. The first-order chi connectivity index (χ1) is 16.1. The molecule has 0 bridgehead atoms. The number of rotatable bonds is 18. The number of fused-ring (bicyclic) bond motifs is 1. The number of allylic oxidation sites excluding steroid dienone is 1. The summed E-state index contributed by atoms with van der Waals surface area (Å²) in [5, 5.41) is 20.6. The van der Waals surface area contributed by atoms with Gasteiger partial charge in [-0.15, -0.1) is 0 Å². The van der Waals surface area contributed by atoms with Crippen molar-refractivity contribution in [2.24, 2.45) is 0 Å². The number of aliphatic hydroxyl groups excluding tert-OH is 2. The third kappa shape index (κ3) is 9.44. The van der Waals surface area contributed by atoms with Crippen LogP contribution in [0.3, 0.4) is 0 Å². The van der Waals surface area contributed by atoms with Crippen LogP contribution in [0.2, 0.25) is 0 Å². The minimum absolute atomic E-state index is 0.0196. The van der Waals surface area contributed by atoms with Crippen LogP contribution >= 0.6 is 0 Å². The second kappa shape index (κ2) is 15.8. The number of Topliss-reactive ketones (excluding diaryl/α,β-unsaturated/α-hetero) is 2. The maximum absolute atomic E-state index is 12.3. The molecule has 4 heteroatoms. The van der Waals surface area contributed by atoms with Gasteiger partial charge in [-0.2, -0.15) is 0 Å². The monoisotopic (exact) mass is 456 g/mol. The second-order valence-corrected chi connectivity index (χ2v) is 9.61. The minimum atomic E-state index is -0.551. The molecule has 4 nitrogen and oxygen atoms in total. The average molecular weight is 457 g/mol. The molecule has 2 N–H and O–H groups in total. The highest BCUT2D eigenvalue weighted by atomic mass is 16.3. The summed E-state index contributed by atoms with van der Waals surface area (Å²) in [7, 11) is 0. The number of benzene rings is 1. The highest BCUT2D eigenvalue weighted by Gasteiger charge is 2.31. The third-order valence-electron chi connectivity index (χ3n) is 6.80. The van der Waals surface area contributed by atoms with Crippen LogP contribution in [0.5, 0.6) is 0 Å². The van der Waals surface area contributed by atoms with E-state index in [0.29, 0.717) is 17.5 Å². The number of hydrogen-bond donors (Lipinski definition) is 2. The molecule has 1 aliphatic rings. The molecular weight excluding hydrogens is 412 g/mol. The van der Waals surface area contributed by atoms with Gasteiger partial charge in [-0.1, -0.05) is 115 Å². The van der Waals surface area contributed by atoms with E-state index >= 15 is 0 Å².